The van der Waals surface area contributed by atoms with E-state index in [1.54, 1.807) is 6.08 Å². The van der Waals surface area contributed by atoms with Crippen molar-refractivity contribution in [1.29, 1.82) is 0 Å². The average molecular weight is 457 g/mol. The number of amidine groups is 1. The van der Waals surface area contributed by atoms with Gasteiger partial charge in [-0.15, -0.1) is 0 Å². The topological polar surface area (TPSA) is 115 Å². The molecule has 32 heavy (non-hydrogen) atoms. The van der Waals surface area contributed by atoms with Gasteiger partial charge in [0.1, 0.15) is 5.76 Å². The summed E-state index contributed by atoms with van der Waals surface area (Å²) in [4.78, 5) is 24.5. The first-order valence-corrected chi connectivity index (χ1v) is 11.1. The van der Waals surface area contributed by atoms with Crippen LogP contribution in [0, 0.1) is 0 Å². The molecule has 0 aliphatic carbocycles. The maximum atomic E-state index is 11.3. The van der Waals surface area contributed by atoms with Gasteiger partial charge in [-0.25, -0.2) is 4.99 Å². The number of nitrogens with zero attached hydrogens (tertiary/aromatic N) is 3. The quantitative estimate of drug-likeness (QED) is 0.676. The van der Waals surface area contributed by atoms with Gasteiger partial charge in [0.15, 0.2) is 11.0 Å². The summed E-state index contributed by atoms with van der Waals surface area (Å²) in [6.07, 6.45) is 3.47. The Morgan fingerprint density at radius 2 is 2.31 bits per heavy atom. The molecule has 3 heterocycles. The first kappa shape index (κ1) is 22.1. The molecule has 1 atom stereocenters. The molecular weight excluding hydrogens is 432 g/mol. The molecule has 1 fully saturated rings. The highest BCUT2D eigenvalue weighted by molar-refractivity contribution is 7.16. The third-order valence-corrected chi connectivity index (χ3v) is 5.60. The average Bonchev–Trinajstić information content (AvgIpc) is 3.12. The number of nitrogens with one attached hydrogen (secondary N) is 1. The molecule has 9 nitrogen and oxygen atoms in total. The van der Waals surface area contributed by atoms with E-state index in [-0.39, 0.29) is 17.9 Å². The van der Waals surface area contributed by atoms with Crippen LogP contribution in [0.15, 0.2) is 34.3 Å². The van der Waals surface area contributed by atoms with Crippen molar-refractivity contribution in [2.45, 2.75) is 20.0 Å². The van der Waals surface area contributed by atoms with E-state index in [1.165, 1.54) is 18.3 Å². The Labute approximate surface area is 188 Å². The normalized spacial score (nSPS) is 19.8. The van der Waals surface area contributed by atoms with Crippen LogP contribution < -0.4 is 15.9 Å². The largest absolute Gasteiger partial charge is 0.493 e. The minimum absolute atomic E-state index is 0.0353. The predicted molar refractivity (Wildman–Crippen MR) is 121 cm³/mol. The van der Waals surface area contributed by atoms with Gasteiger partial charge in [0.25, 0.3) is 0 Å². The molecule has 0 saturated carbocycles. The van der Waals surface area contributed by atoms with Crippen LogP contribution in [0.3, 0.4) is 0 Å². The highest BCUT2D eigenvalue weighted by Crippen LogP contribution is 2.28. The number of carbonyl (C=O) groups excluding carboxylic acids is 1. The van der Waals surface area contributed by atoms with E-state index in [4.69, 9.17) is 14.2 Å². The van der Waals surface area contributed by atoms with Gasteiger partial charge in [-0.3, -0.25) is 4.79 Å². The van der Waals surface area contributed by atoms with E-state index >= 15 is 0 Å². The van der Waals surface area contributed by atoms with E-state index in [2.05, 4.69) is 20.3 Å². The fourth-order valence-corrected chi connectivity index (χ4v) is 4.11. The number of aromatic hydroxyl groups is 1. The smallest absolute Gasteiger partial charge is 0.244 e. The van der Waals surface area contributed by atoms with Gasteiger partial charge < -0.3 is 24.6 Å². The van der Waals surface area contributed by atoms with Crippen LogP contribution >= 0.6 is 11.3 Å². The number of benzene rings is 1. The minimum Gasteiger partial charge on any atom is -0.493 e. The van der Waals surface area contributed by atoms with Gasteiger partial charge in [0.2, 0.25) is 11.8 Å². The summed E-state index contributed by atoms with van der Waals surface area (Å²) in [6, 6.07) is 5.63. The first-order valence-electron chi connectivity index (χ1n) is 10.3. The molecule has 2 aliphatic rings. The number of carbonyl (C=O) groups is 1. The lowest BCUT2D eigenvalue weighted by molar-refractivity contribution is -0.115. The summed E-state index contributed by atoms with van der Waals surface area (Å²) < 4.78 is 16.7. The van der Waals surface area contributed by atoms with Crippen molar-refractivity contribution in [3.63, 3.8) is 0 Å². The number of ether oxygens (including phenoxy) is 3. The van der Waals surface area contributed by atoms with E-state index in [9.17, 15) is 9.90 Å². The summed E-state index contributed by atoms with van der Waals surface area (Å²) >= 11 is 1.35. The monoisotopic (exact) mass is 456 g/mol. The van der Waals surface area contributed by atoms with E-state index in [1.807, 2.05) is 31.2 Å². The Kier molecular flexibility index (Phi) is 6.93. The summed E-state index contributed by atoms with van der Waals surface area (Å²) in [5, 5.41) is 15.6. The number of fused-ring (bicyclic) bond motifs is 1. The fraction of sp³-hybridized carbons (Fsp3) is 0.364. The Hall–Kier alpha value is -3.08. The zero-order chi connectivity index (χ0) is 22.5. The van der Waals surface area contributed by atoms with Gasteiger partial charge in [-0.2, -0.15) is 9.98 Å². The molecule has 0 spiro atoms. The molecule has 1 amide bonds. The van der Waals surface area contributed by atoms with E-state index < -0.39 is 0 Å². The van der Waals surface area contributed by atoms with Gasteiger partial charge >= 0.3 is 0 Å². The van der Waals surface area contributed by atoms with Gasteiger partial charge in [-0.05, 0) is 30.4 Å². The molecule has 0 radical (unpaired) electrons. The van der Waals surface area contributed by atoms with Crippen LogP contribution in [0.4, 0.5) is 5.13 Å². The number of aliphatic imine (C=N–C) groups is 1. The second-order valence-electron chi connectivity index (χ2n) is 7.12. The molecule has 168 valence electrons. The molecule has 4 rings (SSSR count). The van der Waals surface area contributed by atoms with E-state index in [0.29, 0.717) is 59.9 Å². The lowest BCUT2D eigenvalue weighted by Crippen LogP contribution is -2.34. The zero-order valence-electron chi connectivity index (χ0n) is 17.8. The standard InChI is InChI=1S/C22H24N4O5S/c1-3-30-18-10-20(24-13(2)27)25-17-5-4-14(8-16(17)18)9-19-21(28)26-22(32-19)23-11-15-12-29-6-7-31-15/h4-5,8-10,15,28H,3,6-7,11-12H2,1-2H3,(H,23,26). The molecule has 2 aromatic rings. The molecule has 2 aliphatic heterocycles. The van der Waals surface area contributed by atoms with Crippen LogP contribution in [0.1, 0.15) is 24.3 Å². The highest BCUT2D eigenvalue weighted by atomic mass is 32.1. The molecule has 1 saturated heterocycles. The van der Waals surface area contributed by atoms with Gasteiger partial charge in [0, 0.05) is 25.1 Å². The van der Waals surface area contributed by atoms with Crippen molar-refractivity contribution in [3.8, 4) is 5.88 Å². The number of hydrogen-bond acceptors (Lipinski definition) is 8. The van der Waals surface area contributed by atoms with Crippen LogP contribution in [0.25, 0.3) is 11.8 Å². The number of thiazole rings is 1. The lowest BCUT2D eigenvalue weighted by atomic mass is 10.1. The zero-order valence-corrected chi connectivity index (χ0v) is 18.6. The summed E-state index contributed by atoms with van der Waals surface area (Å²) in [5.41, 5.74) is 0.792. The maximum absolute atomic E-state index is 11.3. The molecule has 1 aromatic heterocycles. The summed E-state index contributed by atoms with van der Waals surface area (Å²) in [5.74, 6) is 0.542. The Balaban J connectivity index is 1.59. The van der Waals surface area contributed by atoms with Gasteiger partial charge in [-0.1, -0.05) is 17.4 Å². The molecule has 10 heteroatoms. The van der Waals surface area contributed by atoms with E-state index in [0.717, 1.165) is 10.8 Å². The van der Waals surface area contributed by atoms with Crippen molar-refractivity contribution < 1.29 is 24.1 Å². The predicted octanol–water partition coefficient (Wildman–Crippen LogP) is 1.46. The van der Waals surface area contributed by atoms with Crippen molar-refractivity contribution in [2.24, 2.45) is 9.98 Å². The number of anilines is 1. The molecule has 1 aromatic carbocycles. The number of amides is 1. The number of rotatable bonds is 6. The third-order valence-electron chi connectivity index (χ3n) is 4.65. The Bertz CT molecular complexity index is 1180. The van der Waals surface area contributed by atoms with Crippen molar-refractivity contribution in [1.82, 2.24) is 4.98 Å². The molecular formula is C22H24N4O5S. The second kappa shape index (κ2) is 10.0. The summed E-state index contributed by atoms with van der Waals surface area (Å²) in [6.45, 7) is 6.03. The SMILES string of the molecule is CCOC1=CC(=NC(C)=O)N=c2ccc(=Cc3sc(NCC4COCCO4)nc3O)cc21. The molecule has 0 bridgehead atoms. The summed E-state index contributed by atoms with van der Waals surface area (Å²) in [7, 11) is 0. The van der Waals surface area contributed by atoms with Crippen LogP contribution in [0.2, 0.25) is 0 Å². The van der Waals surface area contributed by atoms with Crippen molar-refractivity contribution in [2.75, 3.05) is 38.3 Å². The Morgan fingerprint density at radius 3 is 3.06 bits per heavy atom. The fourth-order valence-electron chi connectivity index (χ4n) is 3.28. The third kappa shape index (κ3) is 5.39. The van der Waals surface area contributed by atoms with Crippen molar-refractivity contribution in [3.05, 3.63) is 45.3 Å². The van der Waals surface area contributed by atoms with Crippen LogP contribution in [-0.4, -0.2) is 60.9 Å². The molecule has 2 N–H and O–H groups in total. The van der Waals surface area contributed by atoms with Gasteiger partial charge in [0.05, 0.1) is 42.8 Å². The maximum Gasteiger partial charge on any atom is 0.244 e. The van der Waals surface area contributed by atoms with Crippen LogP contribution in [0.5, 0.6) is 5.88 Å². The highest BCUT2D eigenvalue weighted by Gasteiger charge is 2.16. The van der Waals surface area contributed by atoms with Crippen LogP contribution in [-0.2, 0) is 19.0 Å². The number of aromatic nitrogens is 1. The Morgan fingerprint density at radius 1 is 1.44 bits per heavy atom. The second-order valence-corrected chi connectivity index (χ2v) is 8.15. The number of hydrogen-bond donors (Lipinski definition) is 2. The first-order chi connectivity index (χ1) is 15.5. The molecule has 1 unspecified atom stereocenters. The van der Waals surface area contributed by atoms with Crippen molar-refractivity contribution >= 4 is 40.0 Å². The minimum atomic E-state index is -0.322. The lowest BCUT2D eigenvalue weighted by Gasteiger charge is -2.22.